The standard InChI is InChI=1S/C10H12O6/c1-15-7-4-8(16-2)6(11)3-5(7)9(12)10(13)14/h3-4,9,11-12H,1-2H3,(H,13,14). The molecule has 3 N–H and O–H groups in total. The second-order valence-electron chi connectivity index (χ2n) is 3.01. The fraction of sp³-hybridized carbons (Fsp3) is 0.300. The molecule has 0 fully saturated rings. The molecule has 1 atom stereocenters. The maximum atomic E-state index is 10.6. The van der Waals surface area contributed by atoms with E-state index in [1.807, 2.05) is 0 Å². The van der Waals surface area contributed by atoms with Crippen LogP contribution in [0.4, 0.5) is 0 Å². The molecule has 0 aliphatic heterocycles. The molecule has 88 valence electrons. The van der Waals surface area contributed by atoms with Crippen LogP contribution in [0.1, 0.15) is 11.7 Å². The topological polar surface area (TPSA) is 96.2 Å². The van der Waals surface area contributed by atoms with Gasteiger partial charge >= 0.3 is 5.97 Å². The first kappa shape index (κ1) is 12.1. The number of aliphatic hydroxyl groups excluding tert-OH is 1. The van der Waals surface area contributed by atoms with E-state index in [1.165, 1.54) is 20.3 Å². The first-order chi connectivity index (χ1) is 7.51. The Morgan fingerprint density at radius 2 is 1.81 bits per heavy atom. The summed E-state index contributed by atoms with van der Waals surface area (Å²) in [5.41, 5.74) is -0.0340. The third-order valence-corrected chi connectivity index (χ3v) is 2.06. The number of hydrogen-bond donors (Lipinski definition) is 3. The highest BCUT2D eigenvalue weighted by Gasteiger charge is 2.22. The summed E-state index contributed by atoms with van der Waals surface area (Å²) in [5.74, 6) is -1.43. The molecule has 0 aromatic heterocycles. The Morgan fingerprint density at radius 3 is 2.25 bits per heavy atom. The van der Waals surface area contributed by atoms with Gasteiger partial charge < -0.3 is 24.8 Å². The number of aliphatic hydroxyl groups is 1. The Hall–Kier alpha value is -1.95. The summed E-state index contributed by atoms with van der Waals surface area (Å²) in [6.45, 7) is 0. The zero-order valence-corrected chi connectivity index (χ0v) is 8.80. The predicted octanol–water partition coefficient (Wildman–Crippen LogP) is 0.527. The van der Waals surface area contributed by atoms with Crippen molar-refractivity contribution in [3.63, 3.8) is 0 Å². The molecular weight excluding hydrogens is 216 g/mol. The van der Waals surface area contributed by atoms with Gasteiger partial charge in [0.2, 0.25) is 0 Å². The maximum absolute atomic E-state index is 10.6. The number of carbonyl (C=O) groups is 1. The number of phenols is 1. The average Bonchev–Trinajstić information content (AvgIpc) is 2.27. The van der Waals surface area contributed by atoms with E-state index in [4.69, 9.17) is 14.6 Å². The molecule has 0 aliphatic rings. The molecule has 0 amide bonds. The van der Waals surface area contributed by atoms with Gasteiger partial charge in [-0.1, -0.05) is 0 Å². The van der Waals surface area contributed by atoms with Crippen molar-refractivity contribution >= 4 is 5.97 Å². The lowest BCUT2D eigenvalue weighted by Gasteiger charge is -2.13. The summed E-state index contributed by atoms with van der Waals surface area (Å²) in [7, 11) is 2.67. The predicted molar refractivity (Wildman–Crippen MR) is 53.8 cm³/mol. The number of aromatic hydroxyl groups is 1. The van der Waals surface area contributed by atoms with E-state index < -0.39 is 12.1 Å². The smallest absolute Gasteiger partial charge is 0.337 e. The van der Waals surface area contributed by atoms with Crippen molar-refractivity contribution < 1.29 is 29.6 Å². The van der Waals surface area contributed by atoms with Gasteiger partial charge in [-0.05, 0) is 6.07 Å². The summed E-state index contributed by atoms with van der Waals surface area (Å²) in [6, 6.07) is 2.40. The van der Waals surface area contributed by atoms with Crippen molar-refractivity contribution in [3.8, 4) is 17.2 Å². The molecule has 0 aliphatic carbocycles. The first-order valence-corrected chi connectivity index (χ1v) is 4.37. The molecule has 0 saturated heterocycles. The lowest BCUT2D eigenvalue weighted by atomic mass is 10.1. The van der Waals surface area contributed by atoms with Crippen LogP contribution in [0.2, 0.25) is 0 Å². The number of ether oxygens (including phenoxy) is 2. The minimum absolute atomic E-state index is 0.0340. The molecule has 0 bridgehead atoms. The number of carboxylic acids is 1. The van der Waals surface area contributed by atoms with Gasteiger partial charge in [-0.25, -0.2) is 4.79 Å². The van der Waals surface area contributed by atoms with Crippen LogP contribution < -0.4 is 9.47 Å². The quantitative estimate of drug-likeness (QED) is 0.695. The Balaban J connectivity index is 3.28. The SMILES string of the molecule is COc1cc(OC)c(C(O)C(=O)O)cc1O. The Kier molecular flexibility index (Phi) is 3.57. The third-order valence-electron chi connectivity index (χ3n) is 2.06. The van der Waals surface area contributed by atoms with Crippen LogP contribution in [-0.4, -0.2) is 35.5 Å². The first-order valence-electron chi connectivity index (χ1n) is 4.37. The van der Waals surface area contributed by atoms with Gasteiger partial charge in [0.1, 0.15) is 5.75 Å². The number of benzene rings is 1. The molecular formula is C10H12O6. The molecule has 1 rings (SSSR count). The Morgan fingerprint density at radius 1 is 1.25 bits per heavy atom. The van der Waals surface area contributed by atoms with Crippen molar-refractivity contribution in [2.75, 3.05) is 14.2 Å². The summed E-state index contributed by atoms with van der Waals surface area (Å²) in [4.78, 5) is 10.6. The van der Waals surface area contributed by atoms with Gasteiger partial charge in [0, 0.05) is 11.6 Å². The summed E-state index contributed by atoms with van der Waals surface area (Å²) in [5, 5.41) is 27.5. The Labute approximate surface area is 91.7 Å². The largest absolute Gasteiger partial charge is 0.504 e. The van der Waals surface area contributed by atoms with Crippen molar-refractivity contribution in [1.29, 1.82) is 0 Å². The van der Waals surface area contributed by atoms with Gasteiger partial charge in [0.05, 0.1) is 14.2 Å². The van der Waals surface area contributed by atoms with Crippen LogP contribution in [0.25, 0.3) is 0 Å². The molecule has 6 heteroatoms. The minimum atomic E-state index is -1.76. The van der Waals surface area contributed by atoms with Crippen LogP contribution in [0.15, 0.2) is 12.1 Å². The number of methoxy groups -OCH3 is 2. The fourth-order valence-electron chi connectivity index (χ4n) is 1.25. The van der Waals surface area contributed by atoms with E-state index in [9.17, 15) is 15.0 Å². The fourth-order valence-corrected chi connectivity index (χ4v) is 1.25. The zero-order valence-electron chi connectivity index (χ0n) is 8.80. The van der Waals surface area contributed by atoms with E-state index in [-0.39, 0.29) is 22.8 Å². The number of aliphatic carboxylic acids is 1. The molecule has 0 heterocycles. The third kappa shape index (κ3) is 2.17. The molecule has 1 aromatic rings. The molecule has 0 radical (unpaired) electrons. The minimum Gasteiger partial charge on any atom is -0.504 e. The van der Waals surface area contributed by atoms with Gasteiger partial charge in [-0.3, -0.25) is 0 Å². The van der Waals surface area contributed by atoms with E-state index in [0.717, 1.165) is 6.07 Å². The van der Waals surface area contributed by atoms with Crippen LogP contribution in [0.5, 0.6) is 17.2 Å². The van der Waals surface area contributed by atoms with Crippen LogP contribution in [0.3, 0.4) is 0 Å². The van der Waals surface area contributed by atoms with Crippen molar-refractivity contribution in [3.05, 3.63) is 17.7 Å². The van der Waals surface area contributed by atoms with E-state index in [0.29, 0.717) is 0 Å². The van der Waals surface area contributed by atoms with Gasteiger partial charge in [-0.2, -0.15) is 0 Å². The van der Waals surface area contributed by atoms with E-state index in [2.05, 4.69) is 0 Å². The van der Waals surface area contributed by atoms with Gasteiger partial charge in [-0.15, -0.1) is 0 Å². The number of phenolic OH excluding ortho intramolecular Hbond substituents is 1. The number of carboxylic acid groups (broad SMARTS) is 1. The molecule has 0 spiro atoms. The van der Waals surface area contributed by atoms with Crippen LogP contribution >= 0.6 is 0 Å². The normalized spacial score (nSPS) is 11.9. The number of rotatable bonds is 4. The molecule has 1 aromatic carbocycles. The summed E-state index contributed by atoms with van der Waals surface area (Å²) >= 11 is 0. The highest BCUT2D eigenvalue weighted by atomic mass is 16.5. The molecule has 1 unspecified atom stereocenters. The van der Waals surface area contributed by atoms with Crippen molar-refractivity contribution in [2.45, 2.75) is 6.10 Å². The summed E-state index contributed by atoms with van der Waals surface area (Å²) in [6.07, 6.45) is -1.76. The zero-order chi connectivity index (χ0) is 12.3. The highest BCUT2D eigenvalue weighted by molar-refractivity contribution is 5.76. The van der Waals surface area contributed by atoms with Crippen molar-refractivity contribution in [1.82, 2.24) is 0 Å². The average molecular weight is 228 g/mol. The van der Waals surface area contributed by atoms with Gasteiger partial charge in [0.15, 0.2) is 17.6 Å². The second kappa shape index (κ2) is 4.71. The maximum Gasteiger partial charge on any atom is 0.337 e. The van der Waals surface area contributed by atoms with E-state index in [1.54, 1.807) is 0 Å². The second-order valence-corrected chi connectivity index (χ2v) is 3.01. The number of hydrogen-bond acceptors (Lipinski definition) is 5. The van der Waals surface area contributed by atoms with E-state index >= 15 is 0 Å². The lowest BCUT2D eigenvalue weighted by Crippen LogP contribution is -2.11. The van der Waals surface area contributed by atoms with Gasteiger partial charge in [0.25, 0.3) is 0 Å². The molecule has 6 nitrogen and oxygen atoms in total. The Bertz CT molecular complexity index is 401. The van der Waals surface area contributed by atoms with Crippen LogP contribution in [-0.2, 0) is 4.79 Å². The molecule has 0 saturated carbocycles. The van der Waals surface area contributed by atoms with Crippen LogP contribution in [0, 0.1) is 0 Å². The van der Waals surface area contributed by atoms with Crippen molar-refractivity contribution in [2.24, 2.45) is 0 Å². The highest BCUT2D eigenvalue weighted by Crippen LogP contribution is 2.36. The molecule has 16 heavy (non-hydrogen) atoms. The summed E-state index contributed by atoms with van der Waals surface area (Å²) < 4.78 is 9.72. The monoisotopic (exact) mass is 228 g/mol. The lowest BCUT2D eigenvalue weighted by molar-refractivity contribution is -0.147.